The number of furan rings is 1. The molecule has 150 valence electrons. The zero-order chi connectivity index (χ0) is 19.2. The molecule has 0 radical (unpaired) electrons. The molecule has 2 aromatic heterocycles. The van der Waals surface area contributed by atoms with Crippen LogP contribution in [0.5, 0.6) is 0 Å². The van der Waals surface area contributed by atoms with E-state index in [0.717, 1.165) is 76.4 Å². The van der Waals surface area contributed by atoms with Gasteiger partial charge in [0.1, 0.15) is 17.3 Å². The van der Waals surface area contributed by atoms with Gasteiger partial charge in [-0.3, -0.25) is 9.78 Å². The van der Waals surface area contributed by atoms with E-state index in [2.05, 4.69) is 20.2 Å². The Morgan fingerprint density at radius 1 is 1.14 bits per heavy atom. The van der Waals surface area contributed by atoms with E-state index in [9.17, 15) is 4.79 Å². The van der Waals surface area contributed by atoms with E-state index in [1.165, 1.54) is 6.42 Å². The molecule has 0 aromatic carbocycles. The van der Waals surface area contributed by atoms with Crippen molar-refractivity contribution in [3.63, 3.8) is 0 Å². The first-order valence-corrected chi connectivity index (χ1v) is 10.4. The lowest BCUT2D eigenvalue weighted by Gasteiger charge is -2.33. The molecule has 4 rings (SSSR count). The molecule has 1 amide bonds. The van der Waals surface area contributed by atoms with Crippen LogP contribution in [-0.4, -0.2) is 59.5 Å². The molecule has 28 heavy (non-hydrogen) atoms. The molecule has 0 unspecified atom stereocenters. The Kier molecular flexibility index (Phi) is 6.21. The van der Waals surface area contributed by atoms with Crippen LogP contribution in [0.2, 0.25) is 0 Å². The maximum atomic E-state index is 12.7. The zero-order valence-electron chi connectivity index (χ0n) is 16.3. The third-order valence-electron chi connectivity index (χ3n) is 5.69. The minimum Gasteiger partial charge on any atom is -0.469 e. The van der Waals surface area contributed by atoms with E-state index in [1.807, 2.05) is 17.0 Å². The number of aromatic nitrogens is 2. The third kappa shape index (κ3) is 4.70. The Labute approximate surface area is 166 Å². The first kappa shape index (κ1) is 18.9. The molecule has 7 nitrogen and oxygen atoms in total. The molecule has 4 heterocycles. The lowest BCUT2D eigenvalue weighted by molar-refractivity contribution is 0.0718. The van der Waals surface area contributed by atoms with Gasteiger partial charge >= 0.3 is 0 Å². The van der Waals surface area contributed by atoms with Gasteiger partial charge in [0.25, 0.3) is 5.91 Å². The monoisotopic (exact) mass is 383 g/mol. The van der Waals surface area contributed by atoms with Gasteiger partial charge < -0.3 is 19.5 Å². The molecule has 0 aliphatic carbocycles. The van der Waals surface area contributed by atoms with Crippen LogP contribution in [0.1, 0.15) is 48.4 Å². The Balaban J connectivity index is 1.27. The molecule has 2 fully saturated rings. The van der Waals surface area contributed by atoms with Crippen molar-refractivity contribution in [1.82, 2.24) is 20.2 Å². The maximum Gasteiger partial charge on any atom is 0.274 e. The van der Waals surface area contributed by atoms with Crippen LogP contribution in [-0.2, 0) is 6.42 Å². The van der Waals surface area contributed by atoms with Gasteiger partial charge in [-0.25, -0.2) is 4.98 Å². The van der Waals surface area contributed by atoms with Gasteiger partial charge in [0, 0.05) is 45.2 Å². The maximum absolute atomic E-state index is 12.7. The van der Waals surface area contributed by atoms with Crippen LogP contribution in [0.25, 0.3) is 0 Å². The van der Waals surface area contributed by atoms with Crippen LogP contribution >= 0.6 is 0 Å². The van der Waals surface area contributed by atoms with Gasteiger partial charge in [-0.05, 0) is 44.2 Å². The number of nitrogens with one attached hydrogen (secondary N) is 1. The number of likely N-dealkylation sites (tertiary alicyclic amines) is 1. The summed E-state index contributed by atoms with van der Waals surface area (Å²) >= 11 is 0. The second kappa shape index (κ2) is 9.19. The largest absolute Gasteiger partial charge is 0.469 e. The molecule has 2 aromatic rings. The van der Waals surface area contributed by atoms with Crippen molar-refractivity contribution in [3.8, 4) is 0 Å². The number of anilines is 1. The summed E-state index contributed by atoms with van der Waals surface area (Å²) < 4.78 is 5.38. The summed E-state index contributed by atoms with van der Waals surface area (Å²) in [5, 5.41) is 3.62. The lowest BCUT2D eigenvalue weighted by atomic mass is 10.0. The van der Waals surface area contributed by atoms with Gasteiger partial charge in [0.15, 0.2) is 0 Å². The number of rotatable bonds is 6. The minimum absolute atomic E-state index is 0.0172. The number of hydrogen-bond donors (Lipinski definition) is 1. The average molecular weight is 383 g/mol. The summed E-state index contributed by atoms with van der Waals surface area (Å²) in [5.74, 6) is 1.86. The SMILES string of the molecule is O=C(c1cncc(N2CCC(NCCc3ccco3)CC2)n1)N1CCCCC1. The number of piperidine rings is 2. The quantitative estimate of drug-likeness (QED) is 0.826. The van der Waals surface area contributed by atoms with E-state index >= 15 is 0 Å². The molecular weight excluding hydrogens is 354 g/mol. The summed E-state index contributed by atoms with van der Waals surface area (Å²) in [4.78, 5) is 25.8. The molecule has 0 atom stereocenters. The normalized spacial score (nSPS) is 18.4. The highest BCUT2D eigenvalue weighted by Crippen LogP contribution is 2.19. The number of carbonyl (C=O) groups excluding carboxylic acids is 1. The third-order valence-corrected chi connectivity index (χ3v) is 5.69. The summed E-state index contributed by atoms with van der Waals surface area (Å²) in [6, 6.07) is 4.46. The smallest absolute Gasteiger partial charge is 0.274 e. The summed E-state index contributed by atoms with van der Waals surface area (Å²) in [7, 11) is 0. The average Bonchev–Trinajstić information content (AvgIpc) is 3.28. The van der Waals surface area contributed by atoms with Gasteiger partial charge in [-0.1, -0.05) is 0 Å². The van der Waals surface area contributed by atoms with Crippen LogP contribution < -0.4 is 10.2 Å². The Morgan fingerprint density at radius 2 is 1.96 bits per heavy atom. The fraction of sp³-hybridized carbons (Fsp3) is 0.571. The Bertz CT molecular complexity index is 750. The molecule has 2 saturated heterocycles. The predicted octanol–water partition coefficient (Wildman–Crippen LogP) is 2.50. The first-order valence-electron chi connectivity index (χ1n) is 10.4. The molecule has 0 saturated carbocycles. The van der Waals surface area contributed by atoms with E-state index < -0.39 is 0 Å². The Morgan fingerprint density at radius 3 is 2.71 bits per heavy atom. The fourth-order valence-corrected chi connectivity index (χ4v) is 4.04. The number of nitrogens with zero attached hydrogens (tertiary/aromatic N) is 4. The molecule has 7 heteroatoms. The van der Waals surface area contributed by atoms with Crippen molar-refractivity contribution in [2.24, 2.45) is 0 Å². The van der Waals surface area contributed by atoms with Crippen molar-refractivity contribution in [2.75, 3.05) is 37.6 Å². The minimum atomic E-state index is 0.0172. The molecule has 2 aliphatic rings. The van der Waals surface area contributed by atoms with Crippen LogP contribution in [0, 0.1) is 0 Å². The van der Waals surface area contributed by atoms with E-state index in [1.54, 1.807) is 18.7 Å². The summed E-state index contributed by atoms with van der Waals surface area (Å²) in [6.45, 7) is 4.44. The highest BCUT2D eigenvalue weighted by Gasteiger charge is 2.23. The second-order valence-corrected chi connectivity index (χ2v) is 7.66. The number of hydrogen-bond acceptors (Lipinski definition) is 6. The lowest BCUT2D eigenvalue weighted by Crippen LogP contribution is -2.43. The van der Waals surface area contributed by atoms with Crippen molar-refractivity contribution >= 4 is 11.7 Å². The number of amides is 1. The molecule has 2 aliphatic heterocycles. The van der Waals surface area contributed by atoms with Crippen LogP contribution in [0.4, 0.5) is 5.82 Å². The Hall–Kier alpha value is -2.41. The summed E-state index contributed by atoms with van der Waals surface area (Å²) in [5.41, 5.74) is 0.470. The number of carbonyl (C=O) groups is 1. The fourth-order valence-electron chi connectivity index (χ4n) is 4.04. The predicted molar refractivity (Wildman–Crippen MR) is 107 cm³/mol. The van der Waals surface area contributed by atoms with Crippen LogP contribution in [0.3, 0.4) is 0 Å². The van der Waals surface area contributed by atoms with Crippen LogP contribution in [0.15, 0.2) is 35.2 Å². The van der Waals surface area contributed by atoms with Crippen molar-refractivity contribution < 1.29 is 9.21 Å². The van der Waals surface area contributed by atoms with E-state index in [0.29, 0.717) is 11.7 Å². The molecule has 0 bridgehead atoms. The topological polar surface area (TPSA) is 74.5 Å². The highest BCUT2D eigenvalue weighted by molar-refractivity contribution is 5.92. The summed E-state index contributed by atoms with van der Waals surface area (Å²) in [6.07, 6.45) is 11.5. The zero-order valence-corrected chi connectivity index (χ0v) is 16.3. The van der Waals surface area contributed by atoms with E-state index in [-0.39, 0.29) is 5.91 Å². The molecule has 0 spiro atoms. The molecular formula is C21H29N5O2. The van der Waals surface area contributed by atoms with Gasteiger partial charge in [0.05, 0.1) is 18.7 Å². The van der Waals surface area contributed by atoms with E-state index in [4.69, 9.17) is 4.42 Å². The van der Waals surface area contributed by atoms with Gasteiger partial charge in [0.2, 0.25) is 0 Å². The van der Waals surface area contributed by atoms with Gasteiger partial charge in [-0.2, -0.15) is 0 Å². The van der Waals surface area contributed by atoms with Crippen molar-refractivity contribution in [1.29, 1.82) is 0 Å². The second-order valence-electron chi connectivity index (χ2n) is 7.66. The highest BCUT2D eigenvalue weighted by atomic mass is 16.3. The van der Waals surface area contributed by atoms with Gasteiger partial charge in [-0.15, -0.1) is 0 Å². The van der Waals surface area contributed by atoms with Crippen molar-refractivity contribution in [3.05, 3.63) is 42.2 Å². The first-order chi connectivity index (χ1) is 13.8. The standard InChI is InChI=1S/C21H29N5O2/c27-21(26-10-2-1-3-11-26)19-15-22-16-20(24-19)25-12-7-17(8-13-25)23-9-6-18-5-4-14-28-18/h4-5,14-17,23H,1-3,6-13H2. The van der Waals surface area contributed by atoms with Crippen molar-refractivity contribution in [2.45, 2.75) is 44.6 Å². The molecule has 1 N–H and O–H groups in total.